The van der Waals surface area contributed by atoms with Crippen molar-refractivity contribution < 1.29 is 12.6 Å². The predicted molar refractivity (Wildman–Crippen MR) is 63.7 cm³/mol. The van der Waals surface area contributed by atoms with Crippen LogP contribution in [0.15, 0.2) is 37.4 Å². The van der Waals surface area contributed by atoms with Crippen molar-refractivity contribution >= 4 is 35.7 Å². The van der Waals surface area contributed by atoms with E-state index in [9.17, 15) is 12.6 Å². The number of rotatable bonds is 2. The predicted octanol–water partition coefficient (Wildman–Crippen LogP) is 1.87. The minimum absolute atomic E-state index is 0.0291. The van der Waals surface area contributed by atoms with Gasteiger partial charge >= 0.3 is 0 Å². The Morgan fingerprint density at radius 2 is 1.67 bits per heavy atom. The summed E-state index contributed by atoms with van der Waals surface area (Å²) in [6.45, 7) is 0. The molecule has 0 heterocycles. The third-order valence-electron chi connectivity index (χ3n) is 1.39. The van der Waals surface area contributed by atoms with Crippen molar-refractivity contribution in [1.82, 2.24) is 0 Å². The van der Waals surface area contributed by atoms with E-state index in [1.54, 1.807) is 18.2 Å². The van der Waals surface area contributed by atoms with Crippen LogP contribution in [0.1, 0.15) is 0 Å². The van der Waals surface area contributed by atoms with Crippen molar-refractivity contribution in [3.63, 3.8) is 0 Å². The van der Waals surface area contributed by atoms with Gasteiger partial charge < -0.3 is 0 Å². The van der Waals surface area contributed by atoms with Gasteiger partial charge in [0.15, 0.2) is 0 Å². The number of hydrogen-bond acceptors (Lipinski definition) is 3. The summed E-state index contributed by atoms with van der Waals surface area (Å²) in [5.41, 5.74) is 0. The second kappa shape index (κ2) is 4.23. The molecule has 0 saturated carbocycles. The third-order valence-corrected chi connectivity index (χ3v) is 5.48. The van der Waals surface area contributed by atoms with E-state index in [1.165, 1.54) is 18.6 Å². The average Bonchev–Trinajstić information content (AvgIpc) is 1.99. The second-order valence-corrected chi connectivity index (χ2v) is 8.36. The maximum Gasteiger partial charge on any atom is 0.291 e. The Kier molecular flexibility index (Phi) is 3.57. The van der Waals surface area contributed by atoms with Crippen LogP contribution in [0.3, 0.4) is 0 Å². The molecule has 0 aromatic heterocycles. The zero-order chi connectivity index (χ0) is 11.7. The zero-order valence-electron chi connectivity index (χ0n) is 8.18. The van der Waals surface area contributed by atoms with Crippen molar-refractivity contribution in [2.24, 2.45) is 3.77 Å². The molecule has 1 rings (SSSR count). The molecular formula is C8H10BrNO3S2. The van der Waals surface area contributed by atoms with E-state index >= 15 is 0 Å². The molecule has 0 aliphatic rings. The fourth-order valence-corrected chi connectivity index (χ4v) is 4.61. The van der Waals surface area contributed by atoms with E-state index in [1.807, 2.05) is 0 Å². The Labute approximate surface area is 98.1 Å². The molecule has 0 spiro atoms. The molecule has 0 aliphatic heterocycles. The number of hydrogen-bond donors (Lipinski definition) is 0. The number of benzene rings is 1. The summed E-state index contributed by atoms with van der Waals surface area (Å²) in [6.07, 6.45) is 2.56. The van der Waals surface area contributed by atoms with Crippen molar-refractivity contribution in [3.8, 4) is 0 Å². The Morgan fingerprint density at radius 1 is 1.13 bits per heavy atom. The van der Waals surface area contributed by atoms with Crippen LogP contribution in [-0.2, 0) is 19.8 Å². The van der Waals surface area contributed by atoms with Gasteiger partial charge in [-0.05, 0) is 28.1 Å². The smallest absolute Gasteiger partial charge is 0.249 e. The van der Waals surface area contributed by atoms with Crippen molar-refractivity contribution in [3.05, 3.63) is 28.7 Å². The lowest BCUT2D eigenvalue weighted by Gasteiger charge is -2.01. The third kappa shape index (κ3) is 3.58. The lowest BCUT2D eigenvalue weighted by atomic mass is 10.4. The molecule has 4 nitrogen and oxygen atoms in total. The number of halogens is 1. The second-order valence-electron chi connectivity index (χ2n) is 3.16. The monoisotopic (exact) mass is 311 g/mol. The minimum atomic E-state index is -3.85. The van der Waals surface area contributed by atoms with Gasteiger partial charge in [0.1, 0.15) is 4.90 Å². The first kappa shape index (κ1) is 12.7. The van der Waals surface area contributed by atoms with Crippen LogP contribution in [0, 0.1) is 0 Å². The molecule has 84 valence electrons. The van der Waals surface area contributed by atoms with Crippen LogP contribution in [0.5, 0.6) is 0 Å². The van der Waals surface area contributed by atoms with Crippen molar-refractivity contribution in [2.75, 3.05) is 12.5 Å². The molecule has 0 radical (unpaired) electrons. The number of nitrogens with zero attached hydrogens (tertiary/aromatic N) is 1. The Morgan fingerprint density at radius 3 is 2.13 bits per heavy atom. The standard InChI is InChI=1S/C8H10BrNO3S2/c1-14(2,11)10-15(12,13)8-6-4-3-5-7(8)9/h3-6H,1-2H3. The highest BCUT2D eigenvalue weighted by Crippen LogP contribution is 2.23. The fraction of sp³-hybridized carbons (Fsp3) is 0.250. The number of sulfonamides is 1. The molecule has 0 fully saturated rings. The highest BCUT2D eigenvalue weighted by Gasteiger charge is 2.17. The Hall–Kier alpha value is -0.400. The summed E-state index contributed by atoms with van der Waals surface area (Å²) in [5.74, 6) is 0. The first-order valence-corrected chi connectivity index (χ1v) is 8.47. The molecule has 0 unspecified atom stereocenters. The van der Waals surface area contributed by atoms with Crippen molar-refractivity contribution in [2.45, 2.75) is 4.90 Å². The maximum atomic E-state index is 11.7. The van der Waals surface area contributed by atoms with Crippen LogP contribution < -0.4 is 0 Å². The van der Waals surface area contributed by atoms with Gasteiger partial charge in [0.2, 0.25) is 0 Å². The Balaban J connectivity index is 3.45. The van der Waals surface area contributed by atoms with Crippen molar-refractivity contribution in [1.29, 1.82) is 0 Å². The van der Waals surface area contributed by atoms with E-state index in [4.69, 9.17) is 0 Å². The first-order chi connectivity index (χ1) is 6.72. The molecule has 0 amide bonds. The van der Waals surface area contributed by atoms with Gasteiger partial charge in [-0.3, -0.25) is 0 Å². The molecule has 0 saturated heterocycles. The van der Waals surface area contributed by atoms with E-state index < -0.39 is 19.8 Å². The first-order valence-electron chi connectivity index (χ1n) is 3.90. The lowest BCUT2D eigenvalue weighted by Crippen LogP contribution is -2.02. The van der Waals surface area contributed by atoms with Crippen LogP contribution in [0.4, 0.5) is 0 Å². The molecule has 7 heteroatoms. The molecule has 1 aromatic rings. The van der Waals surface area contributed by atoms with Gasteiger partial charge in [0.25, 0.3) is 10.0 Å². The fourth-order valence-electron chi connectivity index (χ4n) is 0.930. The summed E-state index contributed by atoms with van der Waals surface area (Å²) >= 11 is 3.11. The molecule has 15 heavy (non-hydrogen) atoms. The van der Waals surface area contributed by atoms with Crippen LogP contribution in [0.25, 0.3) is 0 Å². The Bertz CT molecular complexity index is 578. The van der Waals surface area contributed by atoms with E-state index in [0.29, 0.717) is 4.47 Å². The molecular weight excluding hydrogens is 302 g/mol. The van der Waals surface area contributed by atoms with Crippen LogP contribution >= 0.6 is 15.9 Å². The average molecular weight is 312 g/mol. The van der Waals surface area contributed by atoms with E-state index in [0.717, 1.165) is 0 Å². The molecule has 0 atom stereocenters. The highest BCUT2D eigenvalue weighted by molar-refractivity contribution is 9.10. The largest absolute Gasteiger partial charge is 0.291 e. The molecule has 0 bridgehead atoms. The summed E-state index contributed by atoms with van der Waals surface area (Å²) in [7, 11) is -6.53. The zero-order valence-corrected chi connectivity index (χ0v) is 11.4. The van der Waals surface area contributed by atoms with Gasteiger partial charge in [-0.1, -0.05) is 12.1 Å². The van der Waals surface area contributed by atoms with E-state index in [-0.39, 0.29) is 4.90 Å². The normalized spacial score (nSPS) is 12.5. The van der Waals surface area contributed by atoms with E-state index in [2.05, 4.69) is 19.7 Å². The quantitative estimate of drug-likeness (QED) is 0.837. The summed E-state index contributed by atoms with van der Waals surface area (Å²) in [5, 5.41) is 0. The van der Waals surface area contributed by atoms with Crippen LogP contribution in [-0.4, -0.2) is 25.1 Å². The molecule has 0 aliphatic carbocycles. The maximum absolute atomic E-state index is 11.7. The lowest BCUT2D eigenvalue weighted by molar-refractivity contribution is 0.597. The summed E-state index contributed by atoms with van der Waals surface area (Å²) < 4.78 is 38.5. The van der Waals surface area contributed by atoms with Gasteiger partial charge in [0, 0.05) is 17.0 Å². The summed E-state index contributed by atoms with van der Waals surface area (Å²) in [4.78, 5) is 0.0291. The molecule has 0 N–H and O–H groups in total. The van der Waals surface area contributed by atoms with Crippen LogP contribution in [0.2, 0.25) is 0 Å². The minimum Gasteiger partial charge on any atom is -0.249 e. The molecule has 1 aromatic carbocycles. The van der Waals surface area contributed by atoms with Gasteiger partial charge in [0.05, 0.1) is 9.73 Å². The summed E-state index contributed by atoms with van der Waals surface area (Å²) in [6, 6.07) is 6.28. The SMILES string of the molecule is CS(C)(=O)=NS(=O)(=O)c1ccccc1Br. The van der Waals surface area contributed by atoms with Gasteiger partial charge in [-0.25, -0.2) is 4.21 Å². The highest BCUT2D eigenvalue weighted by atomic mass is 79.9. The topological polar surface area (TPSA) is 63.6 Å². The van der Waals surface area contributed by atoms with Gasteiger partial charge in [-0.15, -0.1) is 3.77 Å². The van der Waals surface area contributed by atoms with Gasteiger partial charge in [-0.2, -0.15) is 8.42 Å².